The Morgan fingerprint density at radius 2 is 2.00 bits per heavy atom. The predicted molar refractivity (Wildman–Crippen MR) is 75.9 cm³/mol. The molecule has 5 nitrogen and oxygen atoms in total. The van der Waals surface area contributed by atoms with E-state index in [0.29, 0.717) is 19.1 Å². The Bertz CT molecular complexity index is 357. The van der Waals surface area contributed by atoms with E-state index in [2.05, 4.69) is 6.08 Å². The van der Waals surface area contributed by atoms with Gasteiger partial charge in [-0.1, -0.05) is 32.9 Å². The Labute approximate surface area is 116 Å². The fourth-order valence-electron chi connectivity index (χ4n) is 1.66. The van der Waals surface area contributed by atoms with Crippen LogP contribution in [-0.2, 0) is 13.9 Å². The lowest BCUT2D eigenvalue weighted by molar-refractivity contribution is -0.122. The molecular weight excluding hydrogens is 265 g/mol. The molecule has 1 heterocycles. The summed E-state index contributed by atoms with van der Waals surface area (Å²) in [5.41, 5.74) is -0.416. The molecule has 1 aliphatic heterocycles. The normalized spacial score (nSPS) is 28.0. The van der Waals surface area contributed by atoms with Crippen molar-refractivity contribution in [1.29, 1.82) is 0 Å². The lowest BCUT2D eigenvalue weighted by atomic mass is 10.1. The smallest absolute Gasteiger partial charge is 0.347 e. The Balaban J connectivity index is 2.71. The molecule has 19 heavy (non-hydrogen) atoms. The topological polar surface area (TPSA) is 59.0 Å². The van der Waals surface area contributed by atoms with Gasteiger partial charge in [-0.25, -0.2) is 4.62 Å². The van der Waals surface area contributed by atoms with E-state index < -0.39 is 13.3 Å². The number of hydrogen-bond donors (Lipinski definition) is 1. The minimum atomic E-state index is -3.61. The van der Waals surface area contributed by atoms with Gasteiger partial charge in [-0.05, 0) is 19.8 Å². The van der Waals surface area contributed by atoms with Crippen LogP contribution in [0.25, 0.3) is 0 Å². The Kier molecular flexibility index (Phi) is 6.21. The van der Waals surface area contributed by atoms with E-state index in [4.69, 9.17) is 9.36 Å². The van der Waals surface area contributed by atoms with Gasteiger partial charge in [0.2, 0.25) is 0 Å². The zero-order valence-electron chi connectivity index (χ0n) is 12.4. The fourth-order valence-corrected chi connectivity index (χ4v) is 2.34. The molecule has 0 aliphatic carbocycles. The van der Waals surface area contributed by atoms with Crippen molar-refractivity contribution in [1.82, 2.24) is 5.06 Å². The summed E-state index contributed by atoms with van der Waals surface area (Å²) in [5, 5.41) is 1.59. The van der Waals surface area contributed by atoms with Gasteiger partial charge in [0.1, 0.15) is 0 Å². The zero-order chi connectivity index (χ0) is 14.6. The number of nitrogens with zero attached hydrogens (tertiary/aromatic N) is 1. The van der Waals surface area contributed by atoms with Gasteiger partial charge in [-0.3, -0.25) is 4.57 Å². The molecule has 0 aromatic rings. The molecule has 1 N–H and O–H groups in total. The minimum absolute atomic E-state index is 0.113. The van der Waals surface area contributed by atoms with Crippen molar-refractivity contribution in [3.63, 3.8) is 0 Å². The molecule has 0 spiro atoms. The maximum Gasteiger partial charge on any atom is 0.347 e. The summed E-state index contributed by atoms with van der Waals surface area (Å²) in [6, 6.07) is -0.113. The van der Waals surface area contributed by atoms with Crippen LogP contribution < -0.4 is 0 Å². The summed E-state index contributed by atoms with van der Waals surface area (Å²) < 4.78 is 22.9. The van der Waals surface area contributed by atoms with Crippen molar-refractivity contribution in [2.24, 2.45) is 5.92 Å². The van der Waals surface area contributed by atoms with Crippen LogP contribution in [0.3, 0.4) is 0 Å². The highest BCUT2D eigenvalue weighted by Crippen LogP contribution is 2.48. The number of ether oxygens (including phenoxy) is 1. The molecule has 0 radical (unpaired) electrons. The molecule has 1 rings (SSSR count). The third kappa shape index (κ3) is 5.36. The van der Waals surface area contributed by atoms with Crippen molar-refractivity contribution in [2.75, 3.05) is 13.2 Å². The number of hydroxylamine groups is 2. The third-order valence-electron chi connectivity index (χ3n) is 2.97. The van der Waals surface area contributed by atoms with E-state index >= 15 is 0 Å². The second kappa shape index (κ2) is 7.00. The van der Waals surface area contributed by atoms with Crippen LogP contribution in [0, 0.1) is 5.92 Å². The molecule has 6 heteroatoms. The summed E-state index contributed by atoms with van der Waals surface area (Å²) in [5.74, 6) is 0.294. The van der Waals surface area contributed by atoms with Crippen LogP contribution in [0.4, 0.5) is 0 Å². The second-order valence-corrected chi connectivity index (χ2v) is 7.98. The van der Waals surface area contributed by atoms with Gasteiger partial charge in [0.05, 0.1) is 24.4 Å². The first-order valence-corrected chi connectivity index (χ1v) is 8.45. The van der Waals surface area contributed by atoms with Gasteiger partial charge in [-0.15, -0.1) is 0 Å². The molecule has 0 amide bonds. The molecule has 1 aliphatic rings. The summed E-state index contributed by atoms with van der Waals surface area (Å²) in [4.78, 5) is 9.85. The molecule has 0 aromatic heterocycles. The lowest BCUT2D eigenvalue weighted by Gasteiger charge is -2.35. The molecule has 112 valence electrons. The molecule has 0 fully saturated rings. The van der Waals surface area contributed by atoms with Crippen molar-refractivity contribution < 1.29 is 18.8 Å². The lowest BCUT2D eigenvalue weighted by Crippen LogP contribution is -2.42. The molecule has 0 bridgehead atoms. The molecule has 0 saturated carbocycles. The average Bonchev–Trinajstić information content (AvgIpc) is 2.27. The zero-order valence-corrected chi connectivity index (χ0v) is 13.3. The number of rotatable bonds is 6. The van der Waals surface area contributed by atoms with E-state index in [1.165, 1.54) is 0 Å². The Morgan fingerprint density at radius 1 is 1.37 bits per heavy atom. The molecule has 0 saturated heterocycles. The van der Waals surface area contributed by atoms with Gasteiger partial charge in [0, 0.05) is 6.54 Å². The van der Waals surface area contributed by atoms with E-state index in [1.807, 2.05) is 26.8 Å². The highest BCUT2D eigenvalue weighted by atomic mass is 31.2. The Morgan fingerprint density at radius 3 is 2.53 bits per heavy atom. The Hall–Kier alpha value is -0.190. The van der Waals surface area contributed by atoms with E-state index in [0.717, 1.165) is 0 Å². The summed E-state index contributed by atoms with van der Waals surface area (Å²) >= 11 is 0. The van der Waals surface area contributed by atoms with Crippen LogP contribution >= 0.6 is 7.60 Å². The maximum absolute atomic E-state index is 12.0. The first-order chi connectivity index (χ1) is 8.72. The SMILES string of the molecule is CC1C=CC(COC(C)C)N(OP(=O)(O)C(C)C)C1. The largest absolute Gasteiger partial charge is 0.377 e. The monoisotopic (exact) mass is 291 g/mol. The molecule has 3 atom stereocenters. The van der Waals surface area contributed by atoms with Gasteiger partial charge >= 0.3 is 7.60 Å². The van der Waals surface area contributed by atoms with Gasteiger partial charge in [-0.2, -0.15) is 5.06 Å². The summed E-state index contributed by atoms with van der Waals surface area (Å²) in [7, 11) is -3.61. The van der Waals surface area contributed by atoms with E-state index in [9.17, 15) is 9.46 Å². The number of hydrogen-bond acceptors (Lipinski definition) is 4. The molecule has 0 aromatic carbocycles. The second-order valence-electron chi connectivity index (χ2n) is 5.65. The van der Waals surface area contributed by atoms with Crippen LogP contribution in [0.2, 0.25) is 0 Å². The van der Waals surface area contributed by atoms with Crippen LogP contribution in [-0.4, -0.2) is 40.9 Å². The van der Waals surface area contributed by atoms with Crippen LogP contribution in [0.5, 0.6) is 0 Å². The first kappa shape index (κ1) is 16.9. The van der Waals surface area contributed by atoms with E-state index in [-0.39, 0.29) is 12.1 Å². The van der Waals surface area contributed by atoms with Gasteiger partial charge < -0.3 is 9.63 Å². The quantitative estimate of drug-likeness (QED) is 0.602. The van der Waals surface area contributed by atoms with Crippen LogP contribution in [0.15, 0.2) is 12.2 Å². The molecular formula is C13H26NO4P. The molecule has 3 unspecified atom stereocenters. The van der Waals surface area contributed by atoms with Gasteiger partial charge in [0.15, 0.2) is 0 Å². The predicted octanol–water partition coefficient (Wildman–Crippen LogP) is 2.81. The van der Waals surface area contributed by atoms with E-state index in [1.54, 1.807) is 18.9 Å². The summed E-state index contributed by atoms with van der Waals surface area (Å²) in [6.45, 7) is 10.4. The van der Waals surface area contributed by atoms with Crippen molar-refractivity contribution in [3.8, 4) is 0 Å². The summed E-state index contributed by atoms with van der Waals surface area (Å²) in [6.07, 6.45) is 4.20. The van der Waals surface area contributed by atoms with Crippen LogP contribution in [0.1, 0.15) is 34.6 Å². The van der Waals surface area contributed by atoms with Crippen molar-refractivity contribution in [2.45, 2.75) is 52.4 Å². The highest BCUT2D eigenvalue weighted by Gasteiger charge is 2.33. The average molecular weight is 291 g/mol. The fraction of sp³-hybridized carbons (Fsp3) is 0.846. The minimum Gasteiger partial charge on any atom is -0.377 e. The van der Waals surface area contributed by atoms with Gasteiger partial charge in [0.25, 0.3) is 0 Å². The third-order valence-corrected chi connectivity index (χ3v) is 4.72. The van der Waals surface area contributed by atoms with Crippen molar-refractivity contribution in [3.05, 3.63) is 12.2 Å². The maximum atomic E-state index is 12.0. The highest BCUT2D eigenvalue weighted by molar-refractivity contribution is 7.53. The van der Waals surface area contributed by atoms with Crippen molar-refractivity contribution >= 4 is 7.60 Å². The standard InChI is InChI=1S/C13H26NO4P/c1-10(2)17-9-13-7-6-12(5)8-14(13)18-19(15,16)11(3)4/h6-7,10-13H,8-9H2,1-5H3,(H,15,16). The first-order valence-electron chi connectivity index (χ1n) is 6.81.